The molecule has 0 saturated heterocycles. The zero-order valence-corrected chi connectivity index (χ0v) is 23.3. The van der Waals surface area contributed by atoms with Crippen molar-refractivity contribution in [3.8, 4) is 16.9 Å². The van der Waals surface area contributed by atoms with Crippen molar-refractivity contribution in [2.75, 3.05) is 37.5 Å². The average Bonchev–Trinajstić information content (AvgIpc) is 3.27. The third-order valence-electron chi connectivity index (χ3n) is 6.62. The van der Waals surface area contributed by atoms with E-state index in [-0.39, 0.29) is 29.4 Å². The van der Waals surface area contributed by atoms with Gasteiger partial charge in [-0.1, -0.05) is 78.3 Å². The second-order valence-electron chi connectivity index (χ2n) is 9.19. The quantitative estimate of drug-likeness (QED) is 0.291. The van der Waals surface area contributed by atoms with E-state index >= 15 is 0 Å². The van der Waals surface area contributed by atoms with Crippen molar-refractivity contribution in [1.29, 1.82) is 0 Å². The molecule has 0 fully saturated rings. The molecule has 0 unspecified atom stereocenters. The second-order valence-corrected chi connectivity index (χ2v) is 10.7. The molecule has 1 N–H and O–H groups in total. The number of hydrogen-bond acceptors (Lipinski definition) is 5. The molecule has 200 valence electrons. The topological polar surface area (TPSA) is 76.5 Å². The van der Waals surface area contributed by atoms with Gasteiger partial charge in [0.05, 0.1) is 34.0 Å². The highest BCUT2D eigenvalue weighted by Crippen LogP contribution is 2.49. The molecule has 1 aromatic heterocycles. The normalized spacial score (nSPS) is 15.1. The van der Waals surface area contributed by atoms with E-state index in [2.05, 4.69) is 24.4 Å². The summed E-state index contributed by atoms with van der Waals surface area (Å²) in [6.45, 7) is 2.65. The number of para-hydroxylation sites is 1. The Kier molecular flexibility index (Phi) is 8.35. The van der Waals surface area contributed by atoms with Crippen LogP contribution in [-0.4, -0.2) is 54.2 Å². The van der Waals surface area contributed by atoms with Crippen molar-refractivity contribution < 1.29 is 14.3 Å². The Morgan fingerprint density at radius 2 is 1.79 bits per heavy atom. The van der Waals surface area contributed by atoms with Crippen molar-refractivity contribution in [3.05, 3.63) is 101 Å². The van der Waals surface area contributed by atoms with E-state index in [9.17, 15) is 9.59 Å². The van der Waals surface area contributed by atoms with Crippen LogP contribution in [0.3, 0.4) is 0 Å². The highest BCUT2D eigenvalue weighted by Gasteiger charge is 2.38. The summed E-state index contributed by atoms with van der Waals surface area (Å²) in [5.74, 6) is 0.300. The molecule has 39 heavy (non-hydrogen) atoms. The number of rotatable bonds is 8. The van der Waals surface area contributed by atoms with E-state index in [0.29, 0.717) is 29.7 Å². The van der Waals surface area contributed by atoms with E-state index < -0.39 is 0 Å². The van der Waals surface area contributed by atoms with Gasteiger partial charge in [-0.2, -0.15) is 5.10 Å². The van der Waals surface area contributed by atoms with Gasteiger partial charge < -0.3 is 10.1 Å². The van der Waals surface area contributed by atoms with Gasteiger partial charge in [-0.3, -0.25) is 14.5 Å². The van der Waals surface area contributed by atoms with Gasteiger partial charge in [-0.25, -0.2) is 4.68 Å². The van der Waals surface area contributed by atoms with Crippen molar-refractivity contribution in [3.63, 3.8) is 0 Å². The maximum absolute atomic E-state index is 13.7. The van der Waals surface area contributed by atoms with E-state index in [0.717, 1.165) is 27.9 Å². The molecule has 5 rings (SSSR count). The molecule has 0 spiro atoms. The molecule has 4 aromatic rings. The number of aryl methyl sites for hydroxylation is 1. The first-order chi connectivity index (χ1) is 19.0. The molecule has 1 aliphatic rings. The minimum Gasteiger partial charge on any atom is -0.383 e. The fourth-order valence-corrected chi connectivity index (χ4v) is 6.25. The van der Waals surface area contributed by atoms with Crippen LogP contribution in [0.2, 0.25) is 5.02 Å². The van der Waals surface area contributed by atoms with Gasteiger partial charge in [-0.05, 0) is 30.2 Å². The zero-order valence-electron chi connectivity index (χ0n) is 21.8. The lowest BCUT2D eigenvalue weighted by atomic mass is 9.97. The third kappa shape index (κ3) is 5.59. The molecular weight excluding hydrogens is 532 g/mol. The van der Waals surface area contributed by atoms with E-state index in [1.807, 2.05) is 60.7 Å². The fourth-order valence-electron chi connectivity index (χ4n) is 4.74. The molecule has 7 nitrogen and oxygen atoms in total. The number of nitrogens with one attached hydrogen (secondary N) is 1. The van der Waals surface area contributed by atoms with E-state index in [4.69, 9.17) is 21.4 Å². The number of hydrogen-bond donors (Lipinski definition) is 1. The Hall–Kier alpha value is -3.59. The van der Waals surface area contributed by atoms with Crippen LogP contribution in [-0.2, 0) is 14.3 Å². The first kappa shape index (κ1) is 27.0. The number of benzene rings is 3. The molecule has 0 saturated carbocycles. The number of ether oxygens (including phenoxy) is 1. The molecular formula is C30H29ClN4O3S. The van der Waals surface area contributed by atoms with Crippen LogP contribution in [0.4, 0.5) is 5.82 Å². The van der Waals surface area contributed by atoms with Gasteiger partial charge in [0.1, 0.15) is 12.4 Å². The van der Waals surface area contributed by atoms with Gasteiger partial charge >= 0.3 is 0 Å². The van der Waals surface area contributed by atoms with Gasteiger partial charge in [0.25, 0.3) is 0 Å². The van der Waals surface area contributed by atoms with Crippen LogP contribution < -0.4 is 10.2 Å². The number of anilines is 1. The Morgan fingerprint density at radius 1 is 1.08 bits per heavy atom. The molecule has 2 amide bonds. The van der Waals surface area contributed by atoms with Crippen LogP contribution in [0.25, 0.3) is 16.9 Å². The summed E-state index contributed by atoms with van der Waals surface area (Å²) in [4.78, 5) is 28.3. The number of fused-ring (bicyclic) bond motifs is 1. The van der Waals surface area contributed by atoms with Crippen molar-refractivity contribution in [2.24, 2.45) is 0 Å². The van der Waals surface area contributed by atoms with Crippen LogP contribution in [0.1, 0.15) is 21.9 Å². The summed E-state index contributed by atoms with van der Waals surface area (Å²) in [6, 6.07) is 25.5. The lowest BCUT2D eigenvalue weighted by Crippen LogP contribution is -2.43. The summed E-state index contributed by atoms with van der Waals surface area (Å²) in [5, 5.41) is 8.22. The Balaban J connectivity index is 1.78. The Morgan fingerprint density at radius 3 is 2.54 bits per heavy atom. The average molecular weight is 561 g/mol. The number of aromatic nitrogens is 2. The zero-order chi connectivity index (χ0) is 27.4. The van der Waals surface area contributed by atoms with E-state index in [1.165, 1.54) is 0 Å². The molecule has 2 heterocycles. The number of amides is 2. The van der Waals surface area contributed by atoms with Gasteiger partial charge in [0.15, 0.2) is 0 Å². The number of methoxy groups -OCH3 is 1. The fraction of sp³-hybridized carbons (Fsp3) is 0.233. The highest BCUT2D eigenvalue weighted by atomic mass is 35.5. The largest absolute Gasteiger partial charge is 0.383 e. The molecule has 9 heteroatoms. The first-order valence-electron chi connectivity index (χ1n) is 12.7. The van der Waals surface area contributed by atoms with Crippen LogP contribution in [0.15, 0.2) is 78.9 Å². The molecule has 0 radical (unpaired) electrons. The number of halogens is 1. The molecule has 1 atom stereocenters. The highest BCUT2D eigenvalue weighted by molar-refractivity contribution is 8.00. The predicted molar refractivity (Wildman–Crippen MR) is 157 cm³/mol. The van der Waals surface area contributed by atoms with Crippen molar-refractivity contribution in [1.82, 2.24) is 15.1 Å². The van der Waals surface area contributed by atoms with Gasteiger partial charge in [0, 0.05) is 24.8 Å². The number of nitrogens with zero attached hydrogens (tertiary/aromatic N) is 3. The minimum atomic E-state index is -0.279. The van der Waals surface area contributed by atoms with Crippen LogP contribution in [0.5, 0.6) is 0 Å². The number of thioether (sulfide) groups is 1. The molecule has 3 aromatic carbocycles. The summed E-state index contributed by atoms with van der Waals surface area (Å²) in [5.41, 5.74) is 5.37. The monoisotopic (exact) mass is 560 g/mol. The lowest BCUT2D eigenvalue weighted by molar-refractivity contribution is -0.123. The second kappa shape index (κ2) is 12.1. The summed E-state index contributed by atoms with van der Waals surface area (Å²) in [7, 11) is 1.58. The SMILES string of the molecule is COCCNC(=O)CN1C(=O)CS[C@H](c2ccccc2C)c2c(-c3ccccc3)nn(-c3ccccc3Cl)c21. The standard InChI is InChI=1S/C30H29ClN4O3S/c1-20-10-6-7-13-22(20)29-27-28(21-11-4-3-5-12-21)33-35(24-15-9-8-14-23(24)31)30(27)34(26(37)19-39-29)18-25(36)32-16-17-38-2/h3-15,29H,16-19H2,1-2H3,(H,32,36)/t29-/m1/s1. The predicted octanol–water partition coefficient (Wildman–Crippen LogP) is 5.43. The smallest absolute Gasteiger partial charge is 0.240 e. The third-order valence-corrected chi connectivity index (χ3v) is 8.17. The number of carbonyl (C=O) groups excluding carboxylic acids is 2. The van der Waals surface area contributed by atoms with Crippen LogP contribution >= 0.6 is 23.4 Å². The minimum absolute atomic E-state index is 0.152. The van der Waals surface area contributed by atoms with Crippen molar-refractivity contribution in [2.45, 2.75) is 12.2 Å². The molecule has 0 bridgehead atoms. The lowest BCUT2D eigenvalue weighted by Gasteiger charge is -2.23. The molecule has 1 aliphatic heterocycles. The Bertz CT molecular complexity index is 1490. The van der Waals surface area contributed by atoms with Crippen molar-refractivity contribution >= 4 is 41.0 Å². The maximum Gasteiger partial charge on any atom is 0.240 e. The summed E-state index contributed by atoms with van der Waals surface area (Å²) >= 11 is 8.23. The van der Waals surface area contributed by atoms with Crippen LogP contribution in [0, 0.1) is 6.92 Å². The summed E-state index contributed by atoms with van der Waals surface area (Å²) < 4.78 is 6.79. The Labute approximate surface area is 237 Å². The van der Waals surface area contributed by atoms with Gasteiger partial charge in [0.2, 0.25) is 11.8 Å². The summed E-state index contributed by atoms with van der Waals surface area (Å²) in [6.07, 6.45) is 0. The maximum atomic E-state index is 13.7. The number of carbonyl (C=O) groups is 2. The molecule has 0 aliphatic carbocycles. The van der Waals surface area contributed by atoms with E-state index in [1.54, 1.807) is 34.5 Å². The van der Waals surface area contributed by atoms with Gasteiger partial charge in [-0.15, -0.1) is 11.8 Å². The first-order valence-corrected chi connectivity index (χ1v) is 14.1.